The van der Waals surface area contributed by atoms with Gasteiger partial charge in [-0.15, -0.1) is 0 Å². The van der Waals surface area contributed by atoms with Crippen molar-refractivity contribution in [3.8, 4) is 11.5 Å². The van der Waals surface area contributed by atoms with E-state index < -0.39 is 23.8 Å². The van der Waals surface area contributed by atoms with E-state index in [-0.39, 0.29) is 28.5 Å². The van der Waals surface area contributed by atoms with Crippen molar-refractivity contribution in [1.29, 1.82) is 0 Å². The Hall–Kier alpha value is -4.11. The summed E-state index contributed by atoms with van der Waals surface area (Å²) in [5.74, 6) is -1.66. The third kappa shape index (κ3) is 5.10. The second-order valence-electron chi connectivity index (χ2n) is 6.86. The third-order valence-corrected chi connectivity index (χ3v) is 4.92. The zero-order chi connectivity index (χ0) is 24.8. The van der Waals surface area contributed by atoms with Crippen LogP contribution in [-0.4, -0.2) is 44.1 Å². The van der Waals surface area contributed by atoms with Crippen molar-refractivity contribution < 1.29 is 33.4 Å². The molecule has 1 heterocycles. The van der Waals surface area contributed by atoms with Crippen molar-refractivity contribution in [2.45, 2.75) is 6.92 Å². The number of ether oxygens (including phenoxy) is 3. The summed E-state index contributed by atoms with van der Waals surface area (Å²) in [6, 6.07) is 7.74. The van der Waals surface area contributed by atoms with Gasteiger partial charge >= 0.3 is 12.0 Å². The van der Waals surface area contributed by atoms with Crippen molar-refractivity contribution in [1.82, 2.24) is 5.32 Å². The maximum atomic E-state index is 13.1. The maximum Gasteiger partial charge on any atom is 0.337 e. The van der Waals surface area contributed by atoms with Gasteiger partial charge in [0.1, 0.15) is 12.2 Å². The number of barbiturate groups is 1. The van der Waals surface area contributed by atoms with E-state index in [9.17, 15) is 19.2 Å². The van der Waals surface area contributed by atoms with Crippen LogP contribution in [0.1, 0.15) is 22.8 Å². The van der Waals surface area contributed by atoms with Crippen LogP contribution < -0.4 is 19.7 Å². The Kier molecular flexibility index (Phi) is 7.70. The quantitative estimate of drug-likeness (QED) is 0.263. The first kappa shape index (κ1) is 24.5. The maximum absolute atomic E-state index is 13.1. The number of carbonyl (C=O) groups is 4. The molecule has 0 bridgehead atoms. The summed E-state index contributed by atoms with van der Waals surface area (Å²) in [7, 11) is 1.24. The van der Waals surface area contributed by atoms with E-state index in [0.717, 1.165) is 4.90 Å². The molecule has 1 saturated heterocycles. The van der Waals surface area contributed by atoms with Gasteiger partial charge in [0.2, 0.25) is 0 Å². The number of carbonyl (C=O) groups excluding carboxylic acids is 4. The molecule has 2 aromatic rings. The van der Waals surface area contributed by atoms with Crippen molar-refractivity contribution >= 4 is 47.2 Å². The van der Waals surface area contributed by atoms with E-state index in [1.807, 2.05) is 0 Å². The molecule has 0 aromatic heterocycles. The minimum absolute atomic E-state index is 0.162. The molecule has 1 aliphatic heterocycles. The van der Waals surface area contributed by atoms with Gasteiger partial charge in [0.05, 0.1) is 30.0 Å². The zero-order valence-electron chi connectivity index (χ0n) is 18.4. The number of methoxy groups -OCH3 is 1. The second-order valence-corrected chi connectivity index (χ2v) is 7.27. The molecule has 0 spiro atoms. The number of amides is 4. The van der Waals surface area contributed by atoms with Gasteiger partial charge in [-0.1, -0.05) is 24.3 Å². The monoisotopic (exact) mass is 484 g/mol. The number of urea groups is 1. The fourth-order valence-corrected chi connectivity index (χ4v) is 3.41. The summed E-state index contributed by atoms with van der Waals surface area (Å²) < 4.78 is 15.8. The predicted octanol–water partition coefficient (Wildman–Crippen LogP) is 3.76. The molecule has 0 unspecified atom stereocenters. The Morgan fingerprint density at radius 3 is 2.47 bits per heavy atom. The number of imide groups is 2. The van der Waals surface area contributed by atoms with Crippen LogP contribution in [0.2, 0.25) is 5.02 Å². The lowest BCUT2D eigenvalue weighted by atomic mass is 10.1. The molecule has 0 atom stereocenters. The van der Waals surface area contributed by atoms with Gasteiger partial charge in [-0.25, -0.2) is 14.5 Å². The molecule has 2 aromatic carbocycles. The fourth-order valence-electron chi connectivity index (χ4n) is 3.14. The van der Waals surface area contributed by atoms with E-state index in [4.69, 9.17) is 21.1 Å². The minimum atomic E-state index is -0.917. The van der Waals surface area contributed by atoms with Crippen LogP contribution in [0.4, 0.5) is 10.5 Å². The first-order chi connectivity index (χ1) is 16.3. The summed E-state index contributed by atoms with van der Waals surface area (Å²) >= 11 is 6.34. The van der Waals surface area contributed by atoms with E-state index >= 15 is 0 Å². The van der Waals surface area contributed by atoms with Crippen LogP contribution in [0, 0.1) is 0 Å². The average Bonchev–Trinajstić information content (AvgIpc) is 2.81. The van der Waals surface area contributed by atoms with Crippen LogP contribution in [0.5, 0.6) is 11.5 Å². The lowest BCUT2D eigenvalue weighted by molar-refractivity contribution is -0.122. The molecule has 1 fully saturated rings. The molecule has 9 nitrogen and oxygen atoms in total. The summed E-state index contributed by atoms with van der Waals surface area (Å²) in [4.78, 5) is 50.4. The van der Waals surface area contributed by atoms with Crippen molar-refractivity contribution in [2.75, 3.05) is 25.2 Å². The predicted molar refractivity (Wildman–Crippen MR) is 125 cm³/mol. The van der Waals surface area contributed by atoms with Crippen LogP contribution in [-0.2, 0) is 14.3 Å². The Morgan fingerprint density at radius 1 is 1.15 bits per heavy atom. The molecule has 10 heteroatoms. The highest BCUT2D eigenvalue weighted by Crippen LogP contribution is 2.37. The normalized spacial score (nSPS) is 14.6. The van der Waals surface area contributed by atoms with Gasteiger partial charge in [-0.05, 0) is 55.0 Å². The van der Waals surface area contributed by atoms with E-state index in [2.05, 4.69) is 16.6 Å². The number of nitrogens with zero attached hydrogens (tertiary/aromatic N) is 1. The number of benzene rings is 2. The topological polar surface area (TPSA) is 111 Å². The van der Waals surface area contributed by atoms with Gasteiger partial charge in [0.25, 0.3) is 11.8 Å². The lowest BCUT2D eigenvalue weighted by Crippen LogP contribution is -2.54. The van der Waals surface area contributed by atoms with Crippen LogP contribution in [0.15, 0.2) is 54.6 Å². The Bertz CT molecular complexity index is 1190. The summed E-state index contributed by atoms with van der Waals surface area (Å²) in [5.41, 5.74) is 0.484. The van der Waals surface area contributed by atoms with Crippen molar-refractivity contribution in [3.63, 3.8) is 0 Å². The summed E-state index contributed by atoms with van der Waals surface area (Å²) in [5, 5.41) is 2.34. The molecule has 176 valence electrons. The van der Waals surface area contributed by atoms with E-state index in [1.165, 1.54) is 43.5 Å². The van der Waals surface area contributed by atoms with Gasteiger partial charge in [0.15, 0.2) is 11.5 Å². The molecule has 4 amide bonds. The van der Waals surface area contributed by atoms with Crippen molar-refractivity contribution in [2.24, 2.45) is 0 Å². The molecule has 3 rings (SSSR count). The molecule has 0 saturated carbocycles. The van der Waals surface area contributed by atoms with E-state index in [1.54, 1.807) is 19.1 Å². The summed E-state index contributed by atoms with van der Waals surface area (Å²) in [6.07, 6.45) is 2.85. The largest absolute Gasteiger partial charge is 0.490 e. The molecule has 0 aliphatic carbocycles. The molecule has 34 heavy (non-hydrogen) atoms. The van der Waals surface area contributed by atoms with Crippen molar-refractivity contribution in [3.05, 3.63) is 70.8 Å². The van der Waals surface area contributed by atoms with Crippen LogP contribution in [0.3, 0.4) is 0 Å². The highest BCUT2D eigenvalue weighted by atomic mass is 35.5. The number of hydrogen-bond donors (Lipinski definition) is 1. The number of halogens is 1. The first-order valence-electron chi connectivity index (χ1n) is 10.1. The molecule has 1 N–H and O–H groups in total. The molecule has 0 radical (unpaired) electrons. The van der Waals surface area contributed by atoms with Crippen LogP contribution in [0.25, 0.3) is 6.08 Å². The number of nitrogens with one attached hydrogen (secondary N) is 1. The fraction of sp³-hybridized carbons (Fsp3) is 0.167. The molecular formula is C24H21ClN2O7. The first-order valence-corrected chi connectivity index (χ1v) is 10.5. The average molecular weight is 485 g/mol. The molecular weight excluding hydrogens is 464 g/mol. The minimum Gasteiger partial charge on any atom is -0.490 e. The Balaban J connectivity index is 1.99. The Labute approximate surface area is 200 Å². The van der Waals surface area contributed by atoms with Gasteiger partial charge in [0, 0.05) is 0 Å². The lowest BCUT2D eigenvalue weighted by Gasteiger charge is -2.26. The SMILES string of the molecule is C=CCOc1c(Cl)cc(/C=C2\C(=O)NC(=O)N(c3ccc(C(=O)OC)cc3)C2=O)cc1OCC. The third-order valence-electron chi connectivity index (χ3n) is 4.64. The number of anilines is 1. The molecule has 1 aliphatic rings. The zero-order valence-corrected chi connectivity index (χ0v) is 19.2. The number of rotatable bonds is 8. The van der Waals surface area contributed by atoms with Gasteiger partial charge in [-0.3, -0.25) is 14.9 Å². The van der Waals surface area contributed by atoms with E-state index in [0.29, 0.717) is 23.7 Å². The Morgan fingerprint density at radius 2 is 1.85 bits per heavy atom. The highest BCUT2D eigenvalue weighted by molar-refractivity contribution is 6.39. The van der Waals surface area contributed by atoms with Gasteiger partial charge < -0.3 is 14.2 Å². The summed E-state index contributed by atoms with van der Waals surface area (Å²) in [6.45, 7) is 5.90. The van der Waals surface area contributed by atoms with Gasteiger partial charge in [-0.2, -0.15) is 0 Å². The second kappa shape index (κ2) is 10.7. The van der Waals surface area contributed by atoms with Crippen LogP contribution >= 0.6 is 11.6 Å². The number of esters is 1. The smallest absolute Gasteiger partial charge is 0.337 e. The number of hydrogen-bond acceptors (Lipinski definition) is 7. The highest BCUT2D eigenvalue weighted by Gasteiger charge is 2.37. The standard InChI is InChI=1S/C24H21ClN2O7/c1-4-10-34-20-18(25)12-14(13-19(20)33-5-2)11-17-21(28)26-24(31)27(22(17)29)16-8-6-15(7-9-16)23(30)32-3/h4,6-9,11-13H,1,5,10H2,2-3H3,(H,26,28,31)/b17-11+.